The summed E-state index contributed by atoms with van der Waals surface area (Å²) in [6, 6.07) is 7.68. The Hall–Kier alpha value is -0.540. The van der Waals surface area contributed by atoms with Crippen molar-refractivity contribution in [2.75, 3.05) is 7.11 Å². The van der Waals surface area contributed by atoms with Crippen molar-refractivity contribution in [1.29, 1.82) is 0 Å². The van der Waals surface area contributed by atoms with Crippen molar-refractivity contribution in [3.05, 3.63) is 35.9 Å². The van der Waals surface area contributed by atoms with Crippen molar-refractivity contribution in [2.24, 2.45) is 0 Å². The van der Waals surface area contributed by atoms with E-state index in [1.807, 2.05) is 0 Å². The van der Waals surface area contributed by atoms with Crippen molar-refractivity contribution >= 4 is 34.4 Å². The monoisotopic (exact) mass is 281 g/mol. The number of carbonyl (C=O) groups excluding carboxylic acids is 1. The van der Waals surface area contributed by atoms with E-state index in [0.717, 1.165) is 0 Å². The molecule has 1 unspecified atom stereocenters. The van der Waals surface area contributed by atoms with E-state index in [1.165, 1.54) is 7.11 Å². The predicted octanol–water partition coefficient (Wildman–Crippen LogP) is 3.08. The molecule has 1 atom stereocenters. The van der Waals surface area contributed by atoms with Crippen LogP contribution in [0.3, 0.4) is 0 Å². The van der Waals surface area contributed by atoms with Gasteiger partial charge in [0.1, 0.15) is 6.04 Å². The molecule has 4 nitrogen and oxygen atoms in total. The van der Waals surface area contributed by atoms with E-state index in [1.54, 1.807) is 30.3 Å². The van der Waals surface area contributed by atoms with Crippen LogP contribution < -0.4 is 5.09 Å². The molecule has 1 N–H and O–H groups in total. The molecule has 0 radical (unpaired) electrons. The highest BCUT2D eigenvalue weighted by atomic mass is 35.9. The molecule has 0 bridgehead atoms. The average molecular weight is 282 g/mol. The first-order chi connectivity index (χ1) is 7.44. The van der Waals surface area contributed by atoms with Gasteiger partial charge in [-0.1, -0.05) is 30.3 Å². The number of benzene rings is 1. The van der Waals surface area contributed by atoms with Crippen LogP contribution in [0.2, 0.25) is 0 Å². The van der Waals surface area contributed by atoms with Gasteiger partial charge in [0, 0.05) is 0 Å². The maximum atomic E-state index is 11.5. The fraction of sp³-hybridized carbons (Fsp3) is 0.222. The third-order valence-electron chi connectivity index (χ3n) is 1.85. The number of hydrogen-bond donors (Lipinski definition) is 1. The normalized spacial score (nSPS) is 13.2. The summed E-state index contributed by atoms with van der Waals surface area (Å²) in [6.07, 6.45) is 0. The van der Waals surface area contributed by atoms with Crippen molar-refractivity contribution < 1.29 is 14.1 Å². The van der Waals surface area contributed by atoms with Gasteiger partial charge in [0.25, 0.3) is 0 Å². The van der Waals surface area contributed by atoms with Crippen LogP contribution >= 0.6 is 28.5 Å². The minimum absolute atomic E-state index is 0.580. The van der Waals surface area contributed by atoms with Crippen LogP contribution in [0.15, 0.2) is 30.3 Å². The number of hydrogen-bond acceptors (Lipinski definition) is 3. The van der Waals surface area contributed by atoms with Gasteiger partial charge in [0.15, 0.2) is 0 Å². The third-order valence-corrected chi connectivity index (χ3v) is 2.99. The summed E-state index contributed by atoms with van der Waals surface area (Å²) in [6.45, 7) is 0. The number of ether oxygens (including phenoxy) is 1. The average Bonchev–Trinajstić information content (AvgIpc) is 2.25. The lowest BCUT2D eigenvalue weighted by molar-refractivity contribution is -0.142. The zero-order valence-corrected chi connectivity index (χ0v) is 10.8. The summed E-state index contributed by atoms with van der Waals surface area (Å²) >= 11 is 10.8. The first kappa shape index (κ1) is 13.5. The summed E-state index contributed by atoms with van der Waals surface area (Å²) in [5.41, 5.74) is 0.580. The molecular weight excluding hydrogens is 272 g/mol. The van der Waals surface area contributed by atoms with E-state index in [2.05, 4.69) is 9.82 Å². The predicted molar refractivity (Wildman–Crippen MR) is 63.6 cm³/mol. The van der Waals surface area contributed by atoms with Gasteiger partial charge in [0.2, 0.25) is 0 Å². The van der Waals surface area contributed by atoms with Crippen LogP contribution in [0, 0.1) is 0 Å². The van der Waals surface area contributed by atoms with Crippen molar-refractivity contribution in [2.45, 2.75) is 6.04 Å². The first-order valence-electron chi connectivity index (χ1n) is 4.34. The Bertz CT molecular complexity index is 406. The van der Waals surface area contributed by atoms with Crippen LogP contribution in [0.5, 0.6) is 0 Å². The summed E-state index contributed by atoms with van der Waals surface area (Å²) in [5.74, 6) is -4.16. The summed E-state index contributed by atoms with van der Waals surface area (Å²) in [5, 5.41) is 2.34. The van der Waals surface area contributed by atoms with E-state index in [-0.39, 0.29) is 0 Å². The molecule has 1 aromatic rings. The molecule has 88 valence electrons. The maximum Gasteiger partial charge on any atom is 0.327 e. The van der Waals surface area contributed by atoms with Crippen LogP contribution in [0.25, 0.3) is 0 Å². The molecule has 0 saturated carbocycles. The molecule has 0 aliphatic carbocycles. The molecule has 0 amide bonds. The highest BCUT2D eigenvalue weighted by molar-refractivity contribution is 8.07. The maximum absolute atomic E-state index is 11.5. The Kier molecular flexibility index (Phi) is 4.81. The van der Waals surface area contributed by atoms with Gasteiger partial charge in [-0.3, -0.25) is 4.57 Å². The second-order valence-electron chi connectivity index (χ2n) is 2.96. The Morgan fingerprint density at radius 1 is 1.38 bits per heavy atom. The molecule has 7 heteroatoms. The van der Waals surface area contributed by atoms with E-state index in [9.17, 15) is 9.36 Å². The van der Waals surface area contributed by atoms with Gasteiger partial charge in [0.05, 0.1) is 7.11 Å². The molecule has 0 heterocycles. The SMILES string of the molecule is COC(=O)C(NP(=O)(Cl)Cl)c1ccccc1. The number of esters is 1. The lowest BCUT2D eigenvalue weighted by Crippen LogP contribution is -2.25. The van der Waals surface area contributed by atoms with Crippen LogP contribution in [-0.4, -0.2) is 13.1 Å². The fourth-order valence-corrected chi connectivity index (χ4v) is 2.32. The lowest BCUT2D eigenvalue weighted by Gasteiger charge is -2.16. The molecule has 0 aliphatic rings. The molecule has 0 spiro atoms. The summed E-state index contributed by atoms with van der Waals surface area (Å²) in [4.78, 5) is 11.5. The highest BCUT2D eigenvalue weighted by Crippen LogP contribution is 2.54. The molecule has 16 heavy (non-hydrogen) atoms. The first-order valence-corrected chi connectivity index (χ1v) is 7.85. The van der Waals surface area contributed by atoms with Gasteiger partial charge >= 0.3 is 12.0 Å². The Morgan fingerprint density at radius 3 is 2.38 bits per heavy atom. The highest BCUT2D eigenvalue weighted by Gasteiger charge is 2.28. The number of nitrogens with one attached hydrogen (secondary N) is 1. The van der Waals surface area contributed by atoms with Gasteiger partial charge in [-0.25, -0.2) is 9.88 Å². The molecule has 0 aromatic heterocycles. The molecule has 0 aliphatic heterocycles. The summed E-state index contributed by atoms with van der Waals surface area (Å²) < 4.78 is 15.8. The van der Waals surface area contributed by atoms with Gasteiger partial charge in [-0.05, 0) is 28.0 Å². The zero-order valence-electron chi connectivity index (χ0n) is 8.39. The Balaban J connectivity index is 2.97. The standard InChI is InChI=1S/C9H10Cl2NO3P/c1-15-9(13)8(12-16(10,11)14)7-5-3-2-4-6-7/h2-6,8H,1H3,(H,12,14). The zero-order chi connectivity index (χ0) is 12.2. The number of methoxy groups -OCH3 is 1. The topological polar surface area (TPSA) is 55.4 Å². The fourth-order valence-electron chi connectivity index (χ4n) is 1.18. The van der Waals surface area contributed by atoms with Crippen molar-refractivity contribution in [3.8, 4) is 0 Å². The number of carbonyl (C=O) groups is 1. The quantitative estimate of drug-likeness (QED) is 0.681. The second-order valence-corrected chi connectivity index (χ2v) is 7.52. The third kappa shape index (κ3) is 4.14. The van der Waals surface area contributed by atoms with Gasteiger partial charge < -0.3 is 4.74 Å². The van der Waals surface area contributed by atoms with Crippen LogP contribution in [0.4, 0.5) is 0 Å². The minimum atomic E-state index is -3.56. The van der Waals surface area contributed by atoms with E-state index < -0.39 is 18.0 Å². The van der Waals surface area contributed by atoms with Crippen LogP contribution in [0.1, 0.15) is 11.6 Å². The van der Waals surface area contributed by atoms with E-state index in [0.29, 0.717) is 5.56 Å². The smallest absolute Gasteiger partial charge is 0.327 e. The second kappa shape index (κ2) is 5.69. The lowest BCUT2D eigenvalue weighted by atomic mass is 10.1. The van der Waals surface area contributed by atoms with Crippen LogP contribution in [-0.2, 0) is 14.1 Å². The van der Waals surface area contributed by atoms with Crippen molar-refractivity contribution in [1.82, 2.24) is 5.09 Å². The summed E-state index contributed by atoms with van der Waals surface area (Å²) in [7, 11) is 1.23. The minimum Gasteiger partial charge on any atom is -0.468 e. The molecule has 0 fully saturated rings. The number of rotatable bonds is 4. The Morgan fingerprint density at radius 2 is 1.94 bits per heavy atom. The molecule has 1 aromatic carbocycles. The largest absolute Gasteiger partial charge is 0.468 e. The molecule has 1 rings (SSSR count). The van der Waals surface area contributed by atoms with E-state index in [4.69, 9.17) is 22.5 Å². The molecular formula is C9H10Cl2NO3P. The molecule has 0 saturated heterocycles. The van der Waals surface area contributed by atoms with Gasteiger partial charge in [-0.15, -0.1) is 0 Å². The van der Waals surface area contributed by atoms with Crippen molar-refractivity contribution in [3.63, 3.8) is 0 Å². The number of halogens is 2. The van der Waals surface area contributed by atoms with E-state index >= 15 is 0 Å². The Labute approximate surface area is 103 Å². The van der Waals surface area contributed by atoms with Gasteiger partial charge in [-0.2, -0.15) is 0 Å².